The van der Waals surface area contributed by atoms with Gasteiger partial charge in [0, 0.05) is 18.2 Å². The highest BCUT2D eigenvalue weighted by atomic mass is 35.5. The summed E-state index contributed by atoms with van der Waals surface area (Å²) in [5.74, 6) is 0.555. The topological polar surface area (TPSA) is 21.3 Å². The van der Waals surface area contributed by atoms with Gasteiger partial charge < -0.3 is 10.1 Å². The van der Waals surface area contributed by atoms with Gasteiger partial charge >= 0.3 is 0 Å². The van der Waals surface area contributed by atoms with E-state index in [1.54, 1.807) is 0 Å². The van der Waals surface area contributed by atoms with Crippen molar-refractivity contribution in [3.8, 4) is 0 Å². The van der Waals surface area contributed by atoms with Crippen LogP contribution in [-0.4, -0.2) is 24.8 Å². The average Bonchev–Trinajstić information content (AvgIpc) is 2.75. The van der Waals surface area contributed by atoms with Gasteiger partial charge in [0.15, 0.2) is 0 Å². The molecule has 3 atom stereocenters. The van der Waals surface area contributed by atoms with Crippen LogP contribution in [0.15, 0.2) is 18.2 Å². The van der Waals surface area contributed by atoms with E-state index >= 15 is 0 Å². The van der Waals surface area contributed by atoms with Gasteiger partial charge in [-0.25, -0.2) is 0 Å². The van der Waals surface area contributed by atoms with Gasteiger partial charge in [0.1, 0.15) is 0 Å². The maximum atomic E-state index is 6.17. The summed E-state index contributed by atoms with van der Waals surface area (Å²) in [7, 11) is 0. The third kappa shape index (κ3) is 2.85. The number of fused-ring (bicyclic) bond motifs is 2. The van der Waals surface area contributed by atoms with Crippen LogP contribution in [0.25, 0.3) is 0 Å². The van der Waals surface area contributed by atoms with E-state index in [1.807, 2.05) is 12.1 Å². The lowest BCUT2D eigenvalue weighted by atomic mass is 9.80. The van der Waals surface area contributed by atoms with Crippen molar-refractivity contribution in [3.05, 3.63) is 33.8 Å². The Morgan fingerprint density at radius 1 is 1.35 bits per heavy atom. The first-order valence-electron chi connectivity index (χ1n) is 7.42. The van der Waals surface area contributed by atoms with E-state index in [2.05, 4.69) is 18.3 Å². The van der Waals surface area contributed by atoms with Crippen LogP contribution in [0.2, 0.25) is 10.0 Å². The Labute approximate surface area is 130 Å². The molecule has 0 spiro atoms. The Morgan fingerprint density at radius 3 is 2.95 bits per heavy atom. The van der Waals surface area contributed by atoms with Gasteiger partial charge in [-0.3, -0.25) is 0 Å². The summed E-state index contributed by atoms with van der Waals surface area (Å²) in [6.45, 7) is 3.66. The lowest BCUT2D eigenvalue weighted by Gasteiger charge is -2.39. The van der Waals surface area contributed by atoms with E-state index in [-0.39, 0.29) is 5.54 Å². The molecule has 3 rings (SSSR count). The number of nitrogens with one attached hydrogen (secondary N) is 1. The van der Waals surface area contributed by atoms with Crippen LogP contribution in [0.1, 0.15) is 44.1 Å². The molecule has 2 saturated heterocycles. The standard InChI is InChI=1S/C16H21Cl2NO/c1-2-20-10-16-6-5-13(19-16)7-12(9-16)11-3-4-14(17)15(18)8-11/h3-4,8,12-13,19H,2,5-7,9-10H2,1H3/t12-,13-,16-/m0/s1. The Hall–Kier alpha value is -0.280. The molecule has 0 saturated carbocycles. The molecule has 2 bridgehead atoms. The highest BCUT2D eigenvalue weighted by Crippen LogP contribution is 2.44. The summed E-state index contributed by atoms with van der Waals surface area (Å²) in [4.78, 5) is 0. The zero-order valence-corrected chi connectivity index (χ0v) is 13.3. The molecule has 1 N–H and O–H groups in total. The monoisotopic (exact) mass is 313 g/mol. The average molecular weight is 314 g/mol. The van der Waals surface area contributed by atoms with E-state index in [0.29, 0.717) is 22.0 Å². The largest absolute Gasteiger partial charge is 0.380 e. The Balaban J connectivity index is 1.79. The van der Waals surface area contributed by atoms with Gasteiger partial charge in [0.2, 0.25) is 0 Å². The van der Waals surface area contributed by atoms with E-state index in [1.165, 1.54) is 24.8 Å². The molecule has 110 valence electrons. The third-order valence-corrected chi connectivity index (χ3v) is 5.42. The first-order valence-corrected chi connectivity index (χ1v) is 8.18. The molecular weight excluding hydrogens is 293 g/mol. The van der Waals surface area contributed by atoms with E-state index in [4.69, 9.17) is 27.9 Å². The molecule has 1 aromatic carbocycles. The lowest BCUT2D eigenvalue weighted by molar-refractivity contribution is 0.0654. The van der Waals surface area contributed by atoms with Crippen LogP contribution in [0.5, 0.6) is 0 Å². The maximum Gasteiger partial charge on any atom is 0.0648 e. The second kappa shape index (κ2) is 5.84. The molecule has 0 aromatic heterocycles. The molecule has 2 fully saturated rings. The zero-order chi connectivity index (χ0) is 14.2. The molecule has 20 heavy (non-hydrogen) atoms. The van der Waals surface area contributed by atoms with Crippen LogP contribution in [0.3, 0.4) is 0 Å². The quantitative estimate of drug-likeness (QED) is 0.889. The number of benzene rings is 1. The molecule has 0 radical (unpaired) electrons. The predicted octanol–water partition coefficient (Wildman–Crippen LogP) is 4.40. The molecule has 2 nitrogen and oxygen atoms in total. The van der Waals surface area contributed by atoms with Crippen LogP contribution in [0.4, 0.5) is 0 Å². The highest BCUT2D eigenvalue weighted by molar-refractivity contribution is 6.42. The molecule has 0 unspecified atom stereocenters. The van der Waals surface area contributed by atoms with Crippen molar-refractivity contribution < 1.29 is 4.74 Å². The second-order valence-corrected chi connectivity index (χ2v) is 6.92. The number of halogens is 2. The lowest BCUT2D eigenvalue weighted by Crippen LogP contribution is -2.51. The normalized spacial score (nSPS) is 32.5. The summed E-state index contributed by atoms with van der Waals surface area (Å²) in [6.07, 6.45) is 4.79. The molecule has 0 amide bonds. The van der Waals surface area contributed by atoms with Crippen LogP contribution in [0, 0.1) is 0 Å². The Morgan fingerprint density at radius 2 is 2.20 bits per heavy atom. The number of piperidine rings is 1. The summed E-state index contributed by atoms with van der Waals surface area (Å²) in [6, 6.07) is 6.69. The van der Waals surface area contributed by atoms with Crippen molar-refractivity contribution in [2.45, 2.75) is 50.1 Å². The van der Waals surface area contributed by atoms with Crippen molar-refractivity contribution in [3.63, 3.8) is 0 Å². The third-order valence-electron chi connectivity index (χ3n) is 4.69. The summed E-state index contributed by atoms with van der Waals surface area (Å²) in [5, 5.41) is 5.08. The van der Waals surface area contributed by atoms with Gasteiger partial charge in [-0.1, -0.05) is 29.3 Å². The van der Waals surface area contributed by atoms with Crippen molar-refractivity contribution in [2.75, 3.05) is 13.2 Å². The molecule has 2 heterocycles. The molecule has 0 aliphatic carbocycles. The minimum Gasteiger partial charge on any atom is -0.380 e. The van der Waals surface area contributed by atoms with Gasteiger partial charge in [0.05, 0.1) is 16.7 Å². The van der Waals surface area contributed by atoms with Crippen molar-refractivity contribution in [2.24, 2.45) is 0 Å². The minimum absolute atomic E-state index is 0.162. The second-order valence-electron chi connectivity index (χ2n) is 6.11. The van der Waals surface area contributed by atoms with E-state index in [0.717, 1.165) is 19.6 Å². The number of ether oxygens (including phenoxy) is 1. The zero-order valence-electron chi connectivity index (χ0n) is 11.8. The van der Waals surface area contributed by atoms with Gasteiger partial charge in [-0.05, 0) is 56.2 Å². The van der Waals surface area contributed by atoms with Gasteiger partial charge in [-0.2, -0.15) is 0 Å². The number of hydrogen-bond donors (Lipinski definition) is 1. The van der Waals surface area contributed by atoms with Crippen molar-refractivity contribution in [1.82, 2.24) is 5.32 Å². The van der Waals surface area contributed by atoms with Crippen molar-refractivity contribution in [1.29, 1.82) is 0 Å². The fraction of sp³-hybridized carbons (Fsp3) is 0.625. The number of rotatable bonds is 4. The van der Waals surface area contributed by atoms with Gasteiger partial charge in [-0.15, -0.1) is 0 Å². The fourth-order valence-electron chi connectivity index (χ4n) is 3.75. The van der Waals surface area contributed by atoms with Crippen LogP contribution in [-0.2, 0) is 4.74 Å². The highest BCUT2D eigenvalue weighted by Gasteiger charge is 2.45. The van der Waals surface area contributed by atoms with Crippen molar-refractivity contribution >= 4 is 23.2 Å². The molecule has 2 aliphatic rings. The smallest absolute Gasteiger partial charge is 0.0648 e. The number of hydrogen-bond acceptors (Lipinski definition) is 2. The summed E-state index contributed by atoms with van der Waals surface area (Å²) >= 11 is 12.2. The van der Waals surface area contributed by atoms with E-state index < -0.39 is 0 Å². The predicted molar refractivity (Wildman–Crippen MR) is 83.8 cm³/mol. The minimum atomic E-state index is 0.162. The Kier molecular flexibility index (Phi) is 4.28. The molecule has 4 heteroatoms. The maximum absolute atomic E-state index is 6.17. The molecular formula is C16H21Cl2NO. The first-order chi connectivity index (χ1) is 9.62. The first kappa shape index (κ1) is 14.6. The van der Waals surface area contributed by atoms with E-state index in [9.17, 15) is 0 Å². The summed E-state index contributed by atoms with van der Waals surface area (Å²) in [5.41, 5.74) is 1.48. The van der Waals surface area contributed by atoms with Gasteiger partial charge in [0.25, 0.3) is 0 Å². The molecule has 1 aromatic rings. The Bertz CT molecular complexity index is 493. The molecule has 2 aliphatic heterocycles. The SMILES string of the molecule is CCOC[C@]12CC[C@@H](C[C@H](c3ccc(Cl)c(Cl)c3)C1)N2. The van der Waals surface area contributed by atoms with Crippen LogP contribution < -0.4 is 5.32 Å². The fourth-order valence-corrected chi connectivity index (χ4v) is 4.06. The van der Waals surface area contributed by atoms with Crippen LogP contribution >= 0.6 is 23.2 Å². The summed E-state index contributed by atoms with van der Waals surface area (Å²) < 4.78 is 5.71.